The molecule has 0 bridgehead atoms. The number of aromatic nitrogens is 1. The Morgan fingerprint density at radius 3 is 2.93 bits per heavy atom. The fourth-order valence-electron chi connectivity index (χ4n) is 0.917. The van der Waals surface area contributed by atoms with Crippen molar-refractivity contribution in [2.24, 2.45) is 10.7 Å². The molecule has 0 radical (unpaired) electrons. The third kappa shape index (κ3) is 2.99. The van der Waals surface area contributed by atoms with Crippen molar-refractivity contribution in [3.05, 3.63) is 16.1 Å². The second-order valence-electron chi connectivity index (χ2n) is 3.28. The van der Waals surface area contributed by atoms with Gasteiger partial charge in [0, 0.05) is 12.4 Å². The summed E-state index contributed by atoms with van der Waals surface area (Å²) in [6.45, 7) is 4.92. The largest absolute Gasteiger partial charge is 0.370 e. The van der Waals surface area contributed by atoms with Crippen LogP contribution in [0.25, 0.3) is 0 Å². The molecule has 0 amide bonds. The second kappa shape index (κ2) is 4.95. The molecule has 14 heavy (non-hydrogen) atoms. The Morgan fingerprint density at radius 1 is 1.71 bits per heavy atom. The van der Waals surface area contributed by atoms with E-state index in [9.17, 15) is 0 Å². The Balaban J connectivity index is 2.52. The van der Waals surface area contributed by atoms with Crippen LogP contribution in [-0.2, 0) is 6.54 Å². The Labute approximate surface area is 88.3 Å². The van der Waals surface area contributed by atoms with Gasteiger partial charge in [0.2, 0.25) is 0 Å². The maximum atomic E-state index is 5.50. The Hall–Kier alpha value is -1.10. The zero-order valence-electron chi connectivity index (χ0n) is 8.74. The van der Waals surface area contributed by atoms with E-state index in [0.717, 1.165) is 10.7 Å². The average Bonchev–Trinajstić information content (AvgIpc) is 2.62. The van der Waals surface area contributed by atoms with Crippen molar-refractivity contribution in [2.45, 2.75) is 26.3 Å². The molecule has 78 valence electrons. The first-order valence-electron chi connectivity index (χ1n) is 4.54. The van der Waals surface area contributed by atoms with Crippen molar-refractivity contribution in [1.82, 2.24) is 10.3 Å². The number of hydrogen-bond acceptors (Lipinski definition) is 3. The summed E-state index contributed by atoms with van der Waals surface area (Å²) in [5.74, 6) is 0.934. The Morgan fingerprint density at radius 2 is 2.43 bits per heavy atom. The zero-order chi connectivity index (χ0) is 10.6. The van der Waals surface area contributed by atoms with E-state index < -0.39 is 0 Å². The number of hydrogen-bond donors (Lipinski definition) is 2. The third-order valence-corrected chi connectivity index (χ3v) is 2.69. The summed E-state index contributed by atoms with van der Waals surface area (Å²) in [5.41, 5.74) is 6.64. The molecule has 1 aromatic rings. The van der Waals surface area contributed by atoms with E-state index in [1.165, 1.54) is 0 Å². The maximum Gasteiger partial charge on any atom is 0.188 e. The van der Waals surface area contributed by atoms with Gasteiger partial charge in [0.05, 0.1) is 12.2 Å². The quantitative estimate of drug-likeness (QED) is 0.586. The summed E-state index contributed by atoms with van der Waals surface area (Å²) in [7, 11) is 1.66. The van der Waals surface area contributed by atoms with Crippen LogP contribution in [0.2, 0.25) is 0 Å². The predicted molar refractivity (Wildman–Crippen MR) is 60.6 cm³/mol. The molecule has 0 aromatic carbocycles. The number of rotatable bonds is 3. The van der Waals surface area contributed by atoms with Crippen LogP contribution in [0.3, 0.4) is 0 Å². The molecule has 0 aliphatic heterocycles. The lowest BCUT2D eigenvalue weighted by atomic mass is 10.2. The molecule has 0 aliphatic rings. The van der Waals surface area contributed by atoms with Crippen LogP contribution in [-0.4, -0.2) is 18.0 Å². The van der Waals surface area contributed by atoms with Crippen LogP contribution in [0, 0.1) is 0 Å². The van der Waals surface area contributed by atoms with Crippen molar-refractivity contribution in [2.75, 3.05) is 7.05 Å². The topological polar surface area (TPSA) is 63.3 Å². The van der Waals surface area contributed by atoms with Crippen molar-refractivity contribution in [1.29, 1.82) is 0 Å². The van der Waals surface area contributed by atoms with E-state index in [4.69, 9.17) is 5.73 Å². The number of nitrogens with one attached hydrogen (secondary N) is 1. The molecule has 0 spiro atoms. The van der Waals surface area contributed by atoms with Crippen molar-refractivity contribution in [3.63, 3.8) is 0 Å². The number of nitrogens with zero attached hydrogens (tertiary/aromatic N) is 2. The fraction of sp³-hybridized carbons (Fsp3) is 0.556. The summed E-state index contributed by atoms with van der Waals surface area (Å²) < 4.78 is 0. The molecule has 0 fully saturated rings. The van der Waals surface area contributed by atoms with Gasteiger partial charge in [0.15, 0.2) is 5.96 Å². The molecule has 0 atom stereocenters. The van der Waals surface area contributed by atoms with Crippen molar-refractivity contribution in [3.8, 4) is 0 Å². The van der Waals surface area contributed by atoms with Crippen LogP contribution in [0.5, 0.6) is 0 Å². The maximum absolute atomic E-state index is 5.50. The fourth-order valence-corrected chi connectivity index (χ4v) is 1.81. The average molecular weight is 212 g/mol. The summed E-state index contributed by atoms with van der Waals surface area (Å²) >= 11 is 1.65. The van der Waals surface area contributed by atoms with Gasteiger partial charge in [-0.3, -0.25) is 4.99 Å². The third-order valence-electron chi connectivity index (χ3n) is 1.82. The predicted octanol–water partition coefficient (Wildman–Crippen LogP) is 1.30. The highest BCUT2D eigenvalue weighted by Crippen LogP contribution is 2.17. The van der Waals surface area contributed by atoms with Gasteiger partial charge >= 0.3 is 0 Å². The molecule has 1 aromatic heterocycles. The van der Waals surface area contributed by atoms with Gasteiger partial charge in [-0.2, -0.15) is 0 Å². The van der Waals surface area contributed by atoms with Gasteiger partial charge in [-0.05, 0) is 5.92 Å². The summed E-state index contributed by atoms with van der Waals surface area (Å²) in [6, 6.07) is 0. The lowest BCUT2D eigenvalue weighted by molar-refractivity contribution is 0.808. The molecule has 0 unspecified atom stereocenters. The van der Waals surface area contributed by atoms with Crippen LogP contribution in [0.15, 0.2) is 10.4 Å². The van der Waals surface area contributed by atoms with Crippen molar-refractivity contribution < 1.29 is 0 Å². The smallest absolute Gasteiger partial charge is 0.188 e. The van der Waals surface area contributed by atoms with Gasteiger partial charge in [0.25, 0.3) is 0 Å². The summed E-state index contributed by atoms with van der Waals surface area (Å²) in [5, 5.41) is 6.10. The molecule has 4 nitrogen and oxygen atoms in total. The van der Waals surface area contributed by atoms with Crippen LogP contribution >= 0.6 is 11.3 Å². The van der Waals surface area contributed by atoms with Gasteiger partial charge in [-0.1, -0.05) is 13.8 Å². The molecule has 3 N–H and O–H groups in total. The Bertz CT molecular complexity index is 316. The van der Waals surface area contributed by atoms with Gasteiger partial charge in [0.1, 0.15) is 5.01 Å². The van der Waals surface area contributed by atoms with Crippen LogP contribution < -0.4 is 11.1 Å². The van der Waals surface area contributed by atoms with Crippen molar-refractivity contribution >= 4 is 17.3 Å². The number of guanidine groups is 1. The van der Waals surface area contributed by atoms with Gasteiger partial charge in [-0.15, -0.1) is 11.3 Å². The number of aliphatic imine (C=N–C) groups is 1. The van der Waals surface area contributed by atoms with E-state index in [1.54, 1.807) is 18.4 Å². The van der Waals surface area contributed by atoms with E-state index in [-0.39, 0.29) is 0 Å². The minimum Gasteiger partial charge on any atom is -0.370 e. The SMILES string of the molecule is CN=C(N)NCc1nc(C(C)C)cs1. The molecular weight excluding hydrogens is 196 g/mol. The van der Waals surface area contributed by atoms with Crippen LogP contribution in [0.1, 0.15) is 30.5 Å². The van der Waals surface area contributed by atoms with E-state index >= 15 is 0 Å². The molecule has 0 aliphatic carbocycles. The lowest BCUT2D eigenvalue weighted by Gasteiger charge is -2.01. The molecule has 0 saturated heterocycles. The molecule has 5 heteroatoms. The monoisotopic (exact) mass is 212 g/mol. The lowest BCUT2D eigenvalue weighted by Crippen LogP contribution is -2.30. The molecule has 1 heterocycles. The highest BCUT2D eigenvalue weighted by atomic mass is 32.1. The minimum absolute atomic E-state index is 0.450. The van der Waals surface area contributed by atoms with Gasteiger partial charge < -0.3 is 11.1 Å². The molecule has 0 saturated carbocycles. The first kappa shape index (κ1) is 11.0. The van der Waals surface area contributed by atoms with E-state index in [1.807, 2.05) is 0 Å². The summed E-state index contributed by atoms with van der Waals surface area (Å²) in [4.78, 5) is 8.27. The minimum atomic E-state index is 0.450. The first-order valence-corrected chi connectivity index (χ1v) is 5.42. The van der Waals surface area contributed by atoms with Gasteiger partial charge in [-0.25, -0.2) is 4.98 Å². The highest BCUT2D eigenvalue weighted by Gasteiger charge is 2.04. The molecule has 1 rings (SSSR count). The Kier molecular flexibility index (Phi) is 3.88. The standard InChI is InChI=1S/C9H16N4S/c1-6(2)7-5-14-8(13-7)4-12-9(10)11-3/h5-6H,4H2,1-3H3,(H3,10,11,12). The first-order chi connectivity index (χ1) is 6.63. The molecular formula is C9H16N4S. The second-order valence-corrected chi connectivity index (χ2v) is 4.23. The highest BCUT2D eigenvalue weighted by molar-refractivity contribution is 7.09. The van der Waals surface area contributed by atoms with Crippen LogP contribution in [0.4, 0.5) is 0 Å². The summed E-state index contributed by atoms with van der Waals surface area (Å²) in [6.07, 6.45) is 0. The zero-order valence-corrected chi connectivity index (χ0v) is 9.56. The van der Waals surface area contributed by atoms with E-state index in [2.05, 4.69) is 34.5 Å². The normalized spacial score (nSPS) is 12.1. The number of thiazole rings is 1. The van der Waals surface area contributed by atoms with E-state index in [0.29, 0.717) is 18.4 Å². The number of nitrogens with two attached hydrogens (primary N) is 1.